The lowest BCUT2D eigenvalue weighted by atomic mass is 10.1. The van der Waals surface area contributed by atoms with Crippen LogP contribution in [0.1, 0.15) is 227 Å². The zero-order valence-corrected chi connectivity index (χ0v) is 41.1. The highest BCUT2D eigenvalue weighted by molar-refractivity contribution is 7.79. The van der Waals surface area contributed by atoms with Gasteiger partial charge < -0.3 is 14.7 Å². The molecule has 0 saturated carbocycles. The molecule has 0 atom stereocenters. The molecule has 8 nitrogen and oxygen atoms in total. The molecule has 0 aliphatic rings. The van der Waals surface area contributed by atoms with E-state index in [0.717, 1.165) is 25.8 Å². The van der Waals surface area contributed by atoms with Crippen molar-refractivity contribution < 1.29 is 34.0 Å². The maximum Gasteiger partial charge on any atom is 0.305 e. The van der Waals surface area contributed by atoms with E-state index in [0.29, 0.717) is 39.1 Å². The Kier molecular flexibility index (Phi) is 65.8. The Bertz CT molecular complexity index is 883. The van der Waals surface area contributed by atoms with E-state index in [1.807, 2.05) is 6.92 Å². The molecule has 0 aliphatic carbocycles. The monoisotopic (exact) mass is 858 g/mol. The fourth-order valence-corrected chi connectivity index (χ4v) is 5.82. The molecule has 0 aliphatic heterocycles. The molecular formula is C50H101N2O6S+. The van der Waals surface area contributed by atoms with Gasteiger partial charge in [0, 0.05) is 19.3 Å². The van der Waals surface area contributed by atoms with E-state index < -0.39 is 5.97 Å². The van der Waals surface area contributed by atoms with E-state index in [1.165, 1.54) is 171 Å². The van der Waals surface area contributed by atoms with Gasteiger partial charge in [0.1, 0.15) is 13.2 Å². The van der Waals surface area contributed by atoms with Gasteiger partial charge in [0.05, 0.1) is 27.3 Å². The van der Waals surface area contributed by atoms with Crippen molar-refractivity contribution in [1.29, 1.82) is 0 Å². The van der Waals surface area contributed by atoms with Crippen molar-refractivity contribution in [3.8, 4) is 0 Å². The van der Waals surface area contributed by atoms with Crippen molar-refractivity contribution in [3.05, 3.63) is 36.5 Å². The number of carboxylic acid groups (broad SMARTS) is 1. The van der Waals surface area contributed by atoms with Gasteiger partial charge in [-0.1, -0.05) is 159 Å². The molecule has 0 aromatic carbocycles. The summed E-state index contributed by atoms with van der Waals surface area (Å²) in [7, 11) is 4.13. The van der Waals surface area contributed by atoms with E-state index in [2.05, 4.69) is 84.0 Å². The standard InChI is InChI=1S/C25H50N2O4.C20H38.C4H8O2.CH4S/c1-4-5-6-7-8-9-10-11-12-13-14-15-16-17-18-20-25(28)29-22-19-23-30-26-31-24-21-27(2)3;1-4-5-6-7-8-9-10-11-12-13-14-15-16-17-18-19-20(2)3;1-2-3-4(5)6;1-2/h11-12,26H,4-10,13-24H2,1-3H3;11-12H,2,4-10,13-19H2,1,3H3;2-3H2,1H3,(H,5,6);2H,1H3/p+1/b2*12-11-;;. The molecule has 0 aromatic rings. The second-order valence-electron chi connectivity index (χ2n) is 16.1. The summed E-state index contributed by atoms with van der Waals surface area (Å²) in [5.41, 5.74) is 3.79. The minimum absolute atomic E-state index is 0.101. The fraction of sp³-hybridized carbons (Fsp3) is 0.840. The second-order valence-corrected chi connectivity index (χ2v) is 16.1. The van der Waals surface area contributed by atoms with Crippen LogP contribution < -0.4 is 10.5 Å². The molecule has 59 heavy (non-hydrogen) atoms. The van der Waals surface area contributed by atoms with Crippen LogP contribution in [0.4, 0.5) is 0 Å². The Morgan fingerprint density at radius 2 is 0.932 bits per heavy atom. The van der Waals surface area contributed by atoms with E-state index in [-0.39, 0.29) is 5.97 Å². The first kappa shape index (κ1) is 64.0. The normalized spacial score (nSPS) is 10.9. The number of thiol groups is 1. The molecule has 0 heterocycles. The van der Waals surface area contributed by atoms with E-state index in [4.69, 9.17) is 19.5 Å². The third-order valence-corrected chi connectivity index (χ3v) is 9.45. The largest absolute Gasteiger partial charge is 0.481 e. The first-order valence-corrected chi connectivity index (χ1v) is 25.1. The number of allylic oxidation sites excluding steroid dienone is 5. The van der Waals surface area contributed by atoms with E-state index in [9.17, 15) is 9.59 Å². The summed E-state index contributed by atoms with van der Waals surface area (Å²) in [6, 6.07) is 0. The summed E-state index contributed by atoms with van der Waals surface area (Å²) >= 11 is 3.53. The lowest BCUT2D eigenvalue weighted by molar-refractivity contribution is -0.859. The minimum atomic E-state index is -0.711. The number of carboxylic acids is 1. The summed E-state index contributed by atoms with van der Waals surface area (Å²) in [6.07, 6.45) is 49.0. The molecule has 0 radical (unpaired) electrons. The van der Waals surface area contributed by atoms with Gasteiger partial charge in [-0.3, -0.25) is 19.3 Å². The lowest BCUT2D eigenvalue weighted by Crippen LogP contribution is -3.06. The van der Waals surface area contributed by atoms with Gasteiger partial charge in [0.25, 0.3) is 0 Å². The summed E-state index contributed by atoms with van der Waals surface area (Å²) in [4.78, 5) is 32.8. The number of aliphatic carboxylic acids is 1. The Morgan fingerprint density at radius 3 is 1.31 bits per heavy atom. The number of hydrogen-bond donors (Lipinski definition) is 4. The summed E-state index contributed by atoms with van der Waals surface area (Å²) in [5, 5.41) is 7.91. The van der Waals surface area contributed by atoms with Crippen molar-refractivity contribution >= 4 is 24.6 Å². The highest BCUT2D eigenvalue weighted by atomic mass is 32.1. The van der Waals surface area contributed by atoms with Crippen molar-refractivity contribution in [2.24, 2.45) is 0 Å². The van der Waals surface area contributed by atoms with Crippen LogP contribution in [-0.2, 0) is 24.0 Å². The van der Waals surface area contributed by atoms with Crippen LogP contribution in [0, 0.1) is 0 Å². The molecule has 0 rings (SSSR count). The number of hydrogen-bond acceptors (Lipinski definition) is 7. The highest BCUT2D eigenvalue weighted by Gasteiger charge is 2.03. The fourth-order valence-electron chi connectivity index (χ4n) is 5.82. The van der Waals surface area contributed by atoms with Gasteiger partial charge in [-0.05, 0) is 90.2 Å². The minimum Gasteiger partial charge on any atom is -0.481 e. The maximum atomic E-state index is 11.7. The zero-order valence-electron chi connectivity index (χ0n) is 40.2. The number of unbranched alkanes of at least 4 members (excludes halogenated alkanes) is 22. The molecule has 0 amide bonds. The van der Waals surface area contributed by atoms with Crippen molar-refractivity contribution in [2.75, 3.05) is 46.7 Å². The first-order valence-electron chi connectivity index (χ1n) is 24.2. The van der Waals surface area contributed by atoms with Gasteiger partial charge in [0.2, 0.25) is 0 Å². The highest BCUT2D eigenvalue weighted by Crippen LogP contribution is 2.12. The average molecular weight is 858 g/mol. The third kappa shape index (κ3) is 74.2. The van der Waals surface area contributed by atoms with Crippen molar-refractivity contribution in [2.45, 2.75) is 227 Å². The molecule has 0 saturated heterocycles. The summed E-state index contributed by atoms with van der Waals surface area (Å²) in [5.74, 6) is -0.812. The second kappa shape index (κ2) is 60.7. The number of nitrogens with one attached hydrogen (secondary N) is 2. The lowest BCUT2D eigenvalue weighted by Gasteiger charge is -2.09. The molecule has 352 valence electrons. The number of carbonyl (C=O) groups excluding carboxylic acids is 1. The molecular weight excluding hydrogens is 757 g/mol. The molecule has 0 unspecified atom stereocenters. The Balaban J connectivity index is -0.000000459. The quantitative estimate of drug-likeness (QED) is 0.0160. The topological polar surface area (TPSA) is 98.5 Å². The smallest absolute Gasteiger partial charge is 0.305 e. The van der Waals surface area contributed by atoms with Gasteiger partial charge in [-0.2, -0.15) is 12.6 Å². The number of ether oxygens (including phenoxy) is 1. The van der Waals surface area contributed by atoms with E-state index >= 15 is 0 Å². The van der Waals surface area contributed by atoms with Crippen LogP contribution >= 0.6 is 12.6 Å². The van der Waals surface area contributed by atoms with Gasteiger partial charge >= 0.3 is 11.9 Å². The van der Waals surface area contributed by atoms with Crippen LogP contribution in [0.15, 0.2) is 36.5 Å². The van der Waals surface area contributed by atoms with Crippen LogP contribution in [0.25, 0.3) is 0 Å². The molecule has 0 aromatic heterocycles. The summed E-state index contributed by atoms with van der Waals surface area (Å²) < 4.78 is 5.22. The Morgan fingerprint density at radius 1 is 0.542 bits per heavy atom. The van der Waals surface area contributed by atoms with Gasteiger partial charge in [-0.25, -0.2) is 0 Å². The van der Waals surface area contributed by atoms with Crippen LogP contribution in [0.5, 0.6) is 0 Å². The van der Waals surface area contributed by atoms with E-state index in [1.54, 1.807) is 6.26 Å². The Hall–Kier alpha value is -1.65. The number of likely N-dealkylation sites (N-methyl/N-ethyl adjacent to an activating group) is 1. The van der Waals surface area contributed by atoms with Crippen LogP contribution in [0.3, 0.4) is 0 Å². The average Bonchev–Trinajstić information content (AvgIpc) is 3.21. The zero-order chi connectivity index (χ0) is 44.7. The predicted molar refractivity (Wildman–Crippen MR) is 259 cm³/mol. The number of rotatable bonds is 41. The van der Waals surface area contributed by atoms with Crippen LogP contribution in [-0.4, -0.2) is 63.8 Å². The predicted octanol–water partition coefficient (Wildman–Crippen LogP) is 13.6. The third-order valence-electron chi connectivity index (χ3n) is 9.45. The molecule has 0 spiro atoms. The van der Waals surface area contributed by atoms with Crippen LogP contribution in [0.2, 0.25) is 0 Å². The molecule has 0 fully saturated rings. The van der Waals surface area contributed by atoms with Crippen molar-refractivity contribution in [1.82, 2.24) is 5.64 Å². The number of quaternary nitrogens is 1. The molecule has 3 N–H and O–H groups in total. The Labute approximate surface area is 372 Å². The SMILES string of the molecule is C=C(C)CCCCCCC/C=C\CCCCCCCC.CCCC(=O)O.CCCCCCCC/C=C\CCCCCCCC(=O)OCCCONOCC[NH+](C)C.CS. The van der Waals surface area contributed by atoms with Gasteiger partial charge in [0.15, 0.2) is 0 Å². The van der Waals surface area contributed by atoms with Crippen molar-refractivity contribution in [3.63, 3.8) is 0 Å². The number of esters is 1. The summed E-state index contributed by atoms with van der Waals surface area (Å²) in [6.45, 7) is 14.8. The molecule has 0 bridgehead atoms. The van der Waals surface area contributed by atoms with Gasteiger partial charge in [-0.15, -0.1) is 6.58 Å². The molecule has 9 heteroatoms. The first-order chi connectivity index (χ1) is 28.7. The maximum absolute atomic E-state index is 11.7. The number of carbonyl (C=O) groups is 2.